The average molecular weight is 540 g/mol. The molecule has 0 aromatic heterocycles. The molecule has 0 bridgehead atoms. The van der Waals surface area contributed by atoms with Crippen molar-refractivity contribution in [2.45, 2.75) is 50.2 Å². The van der Waals surface area contributed by atoms with Gasteiger partial charge in [0.15, 0.2) is 0 Å². The van der Waals surface area contributed by atoms with Crippen LogP contribution in [0.25, 0.3) is 0 Å². The van der Waals surface area contributed by atoms with Gasteiger partial charge in [0.25, 0.3) is 0 Å². The summed E-state index contributed by atoms with van der Waals surface area (Å²) in [4.78, 5) is 29.9. The summed E-state index contributed by atoms with van der Waals surface area (Å²) in [7, 11) is 0. The van der Waals surface area contributed by atoms with Crippen molar-refractivity contribution in [3.05, 3.63) is 101 Å². The van der Waals surface area contributed by atoms with Crippen molar-refractivity contribution in [3.8, 4) is 0 Å². The van der Waals surface area contributed by atoms with Crippen molar-refractivity contribution in [1.82, 2.24) is 10.2 Å². The lowest BCUT2D eigenvalue weighted by atomic mass is 10.0. The molecule has 1 N–H and O–H groups in total. The molecular formula is C28H31BrN2O2S. The van der Waals surface area contributed by atoms with E-state index in [0.29, 0.717) is 13.0 Å². The standard InChI is InChI=1S/C28H31BrN2O2S/c1-3-21(2)30-28(33)26(18-22-11-6-4-7-12-22)31(19-23-13-10-14-24(29)17-23)27(32)20-34-25-15-8-5-9-16-25/h4-17,21,26H,3,18-20H2,1-2H3,(H,30,33)/t21-,26+/m1/s1. The smallest absolute Gasteiger partial charge is 0.243 e. The number of hydrogen-bond donors (Lipinski definition) is 1. The van der Waals surface area contributed by atoms with E-state index in [1.165, 1.54) is 11.8 Å². The molecule has 0 radical (unpaired) electrons. The van der Waals surface area contributed by atoms with E-state index in [9.17, 15) is 9.59 Å². The van der Waals surface area contributed by atoms with E-state index in [-0.39, 0.29) is 23.6 Å². The number of benzene rings is 3. The molecule has 0 aliphatic rings. The third-order valence-electron chi connectivity index (χ3n) is 5.62. The number of halogens is 1. The molecule has 0 saturated heterocycles. The van der Waals surface area contributed by atoms with Crippen molar-refractivity contribution in [2.24, 2.45) is 0 Å². The lowest BCUT2D eigenvalue weighted by Gasteiger charge is -2.32. The van der Waals surface area contributed by atoms with Crippen LogP contribution < -0.4 is 5.32 Å². The first kappa shape index (κ1) is 26.0. The highest BCUT2D eigenvalue weighted by Gasteiger charge is 2.31. The zero-order chi connectivity index (χ0) is 24.3. The Morgan fingerprint density at radius 1 is 0.941 bits per heavy atom. The summed E-state index contributed by atoms with van der Waals surface area (Å²) in [5.41, 5.74) is 2.00. The minimum absolute atomic E-state index is 0.0345. The third kappa shape index (κ3) is 8.03. The Morgan fingerprint density at radius 2 is 1.59 bits per heavy atom. The van der Waals surface area contributed by atoms with Gasteiger partial charge >= 0.3 is 0 Å². The van der Waals surface area contributed by atoms with Crippen LogP contribution in [0.2, 0.25) is 0 Å². The predicted molar refractivity (Wildman–Crippen MR) is 144 cm³/mol. The molecule has 34 heavy (non-hydrogen) atoms. The van der Waals surface area contributed by atoms with Gasteiger partial charge in [0.05, 0.1) is 5.75 Å². The number of amides is 2. The number of carbonyl (C=O) groups is 2. The van der Waals surface area contributed by atoms with Gasteiger partial charge in [-0.05, 0) is 48.7 Å². The number of hydrogen-bond acceptors (Lipinski definition) is 3. The molecule has 0 aliphatic heterocycles. The van der Waals surface area contributed by atoms with E-state index in [0.717, 1.165) is 26.9 Å². The van der Waals surface area contributed by atoms with Gasteiger partial charge in [-0.3, -0.25) is 9.59 Å². The Kier molecular flexibility index (Phi) is 10.2. The fourth-order valence-electron chi connectivity index (χ4n) is 3.57. The second-order valence-corrected chi connectivity index (χ2v) is 10.2. The predicted octanol–water partition coefficient (Wildman–Crippen LogP) is 6.10. The van der Waals surface area contributed by atoms with Gasteiger partial charge in [0.2, 0.25) is 11.8 Å². The minimum atomic E-state index is -0.612. The minimum Gasteiger partial charge on any atom is -0.352 e. The Hall–Kier alpha value is -2.57. The Balaban J connectivity index is 1.91. The number of thioether (sulfide) groups is 1. The van der Waals surface area contributed by atoms with Crippen molar-refractivity contribution < 1.29 is 9.59 Å². The Morgan fingerprint density at radius 3 is 2.24 bits per heavy atom. The van der Waals surface area contributed by atoms with Gasteiger partial charge in [0.1, 0.15) is 6.04 Å². The summed E-state index contributed by atoms with van der Waals surface area (Å²) in [6.45, 7) is 4.39. The van der Waals surface area contributed by atoms with Gasteiger partial charge in [0, 0.05) is 28.4 Å². The van der Waals surface area contributed by atoms with Gasteiger partial charge < -0.3 is 10.2 Å². The van der Waals surface area contributed by atoms with Crippen LogP contribution in [0.4, 0.5) is 0 Å². The molecule has 3 aromatic carbocycles. The number of nitrogens with one attached hydrogen (secondary N) is 1. The van der Waals surface area contributed by atoms with Gasteiger partial charge in [-0.15, -0.1) is 11.8 Å². The van der Waals surface area contributed by atoms with Crippen LogP contribution in [0.1, 0.15) is 31.4 Å². The Labute approximate surface area is 215 Å². The first-order valence-electron chi connectivity index (χ1n) is 11.5. The molecule has 0 saturated carbocycles. The largest absolute Gasteiger partial charge is 0.352 e. The monoisotopic (exact) mass is 538 g/mol. The van der Waals surface area contributed by atoms with Gasteiger partial charge in [-0.25, -0.2) is 0 Å². The second kappa shape index (κ2) is 13.4. The van der Waals surface area contributed by atoms with Crippen LogP contribution in [0.15, 0.2) is 94.3 Å². The fraction of sp³-hybridized carbons (Fsp3) is 0.286. The molecule has 0 heterocycles. The van der Waals surface area contributed by atoms with E-state index in [1.54, 1.807) is 4.90 Å². The third-order valence-corrected chi connectivity index (χ3v) is 7.11. The molecule has 0 aliphatic carbocycles. The van der Waals surface area contributed by atoms with Crippen LogP contribution in [-0.2, 0) is 22.6 Å². The maximum Gasteiger partial charge on any atom is 0.243 e. The molecule has 2 amide bonds. The highest BCUT2D eigenvalue weighted by atomic mass is 79.9. The van der Waals surface area contributed by atoms with E-state index in [1.807, 2.05) is 98.8 Å². The summed E-state index contributed by atoms with van der Waals surface area (Å²) in [5, 5.41) is 3.11. The molecule has 0 fully saturated rings. The first-order valence-corrected chi connectivity index (χ1v) is 13.3. The van der Waals surface area contributed by atoms with Gasteiger partial charge in [-0.2, -0.15) is 0 Å². The number of rotatable bonds is 11. The number of nitrogens with zero attached hydrogens (tertiary/aromatic N) is 1. The fourth-order valence-corrected chi connectivity index (χ4v) is 4.82. The topological polar surface area (TPSA) is 49.4 Å². The van der Waals surface area contributed by atoms with Crippen LogP contribution >= 0.6 is 27.7 Å². The average Bonchev–Trinajstić information content (AvgIpc) is 2.85. The quantitative estimate of drug-likeness (QED) is 0.300. The summed E-state index contributed by atoms with van der Waals surface area (Å²) in [5.74, 6) is 0.0835. The highest BCUT2D eigenvalue weighted by Crippen LogP contribution is 2.22. The van der Waals surface area contributed by atoms with Crippen LogP contribution in [0.3, 0.4) is 0 Å². The summed E-state index contributed by atoms with van der Waals surface area (Å²) in [6.07, 6.45) is 1.28. The maximum atomic E-state index is 13.6. The molecule has 178 valence electrons. The maximum absolute atomic E-state index is 13.6. The van der Waals surface area contributed by atoms with Crippen molar-refractivity contribution in [3.63, 3.8) is 0 Å². The van der Waals surface area contributed by atoms with E-state index < -0.39 is 6.04 Å². The van der Waals surface area contributed by atoms with Crippen molar-refractivity contribution in [2.75, 3.05) is 5.75 Å². The second-order valence-electron chi connectivity index (χ2n) is 8.28. The van der Waals surface area contributed by atoms with E-state index in [4.69, 9.17) is 0 Å². The summed E-state index contributed by atoms with van der Waals surface area (Å²) < 4.78 is 0.944. The molecule has 6 heteroatoms. The SMILES string of the molecule is CC[C@@H](C)NC(=O)[C@H](Cc1ccccc1)N(Cc1cccc(Br)c1)C(=O)CSc1ccccc1. The van der Waals surface area contributed by atoms with Gasteiger partial charge in [-0.1, -0.05) is 83.5 Å². The zero-order valence-electron chi connectivity index (χ0n) is 19.6. The molecule has 0 unspecified atom stereocenters. The molecule has 4 nitrogen and oxygen atoms in total. The summed E-state index contributed by atoms with van der Waals surface area (Å²) in [6, 6.07) is 27.1. The van der Waals surface area contributed by atoms with E-state index >= 15 is 0 Å². The summed E-state index contributed by atoms with van der Waals surface area (Å²) >= 11 is 5.02. The molecule has 0 spiro atoms. The zero-order valence-corrected chi connectivity index (χ0v) is 22.0. The van der Waals surface area contributed by atoms with Crippen LogP contribution in [0, 0.1) is 0 Å². The van der Waals surface area contributed by atoms with Crippen molar-refractivity contribution >= 4 is 39.5 Å². The normalized spacial score (nSPS) is 12.6. The van der Waals surface area contributed by atoms with Crippen LogP contribution in [0.5, 0.6) is 0 Å². The lowest BCUT2D eigenvalue weighted by Crippen LogP contribution is -2.52. The Bertz CT molecular complexity index is 1060. The molecule has 3 aromatic rings. The molecule has 2 atom stereocenters. The van der Waals surface area contributed by atoms with Crippen LogP contribution in [-0.4, -0.2) is 34.6 Å². The number of carbonyl (C=O) groups excluding carboxylic acids is 2. The van der Waals surface area contributed by atoms with E-state index in [2.05, 4.69) is 21.2 Å². The van der Waals surface area contributed by atoms with Crippen molar-refractivity contribution in [1.29, 1.82) is 0 Å². The first-order chi connectivity index (χ1) is 16.5. The molecule has 3 rings (SSSR count). The lowest BCUT2D eigenvalue weighted by molar-refractivity contribution is -0.139. The molecular weight excluding hydrogens is 508 g/mol. The highest BCUT2D eigenvalue weighted by molar-refractivity contribution is 9.10.